The topological polar surface area (TPSA) is 74.9 Å². The number of H-pyrrole nitrogens is 1. The maximum Gasteiger partial charge on any atom is 0.245 e. The number of benzene rings is 2. The Bertz CT molecular complexity index is 1230. The van der Waals surface area contributed by atoms with Crippen molar-refractivity contribution in [3.63, 3.8) is 0 Å². The number of aryl methyl sites for hydroxylation is 1. The molecule has 1 N–H and O–H groups in total. The Balaban J connectivity index is 1.60. The van der Waals surface area contributed by atoms with Crippen LogP contribution < -0.4 is 9.47 Å². The molecule has 6 rings (SSSR count). The average molecular weight is 403 g/mol. The van der Waals surface area contributed by atoms with Crippen LogP contribution in [0.15, 0.2) is 36.4 Å². The Hall–Kier alpha value is -3.48. The minimum absolute atomic E-state index is 0.0204. The summed E-state index contributed by atoms with van der Waals surface area (Å²) in [5.41, 5.74) is 5.16. The van der Waals surface area contributed by atoms with Gasteiger partial charge in [-0.05, 0) is 42.3 Å². The van der Waals surface area contributed by atoms with Crippen molar-refractivity contribution in [3.8, 4) is 11.5 Å². The van der Waals surface area contributed by atoms with Crippen LogP contribution in [0.3, 0.4) is 0 Å². The number of hydrogen-bond acceptors (Lipinski definition) is 4. The van der Waals surface area contributed by atoms with Crippen molar-refractivity contribution in [3.05, 3.63) is 58.8 Å². The van der Waals surface area contributed by atoms with E-state index in [1.807, 2.05) is 18.2 Å². The summed E-state index contributed by atoms with van der Waals surface area (Å²) in [5.74, 6) is 1.29. The van der Waals surface area contributed by atoms with Crippen LogP contribution in [0, 0.1) is 6.92 Å². The summed E-state index contributed by atoms with van der Waals surface area (Å²) >= 11 is 0. The van der Waals surface area contributed by atoms with Crippen molar-refractivity contribution in [2.45, 2.75) is 25.4 Å². The molecule has 0 bridgehead atoms. The number of likely N-dealkylation sites (N-methyl/N-ethyl adjacent to an activating group) is 1. The lowest BCUT2D eigenvalue weighted by Crippen LogP contribution is -2.62. The lowest BCUT2D eigenvalue weighted by molar-refractivity contribution is -0.157. The lowest BCUT2D eigenvalue weighted by atomic mass is 9.86. The van der Waals surface area contributed by atoms with Crippen molar-refractivity contribution in [2.24, 2.45) is 0 Å². The molecule has 0 aliphatic carbocycles. The van der Waals surface area contributed by atoms with Gasteiger partial charge in [-0.2, -0.15) is 0 Å². The maximum absolute atomic E-state index is 13.1. The molecule has 7 heteroatoms. The van der Waals surface area contributed by atoms with Gasteiger partial charge in [-0.25, -0.2) is 0 Å². The molecule has 7 nitrogen and oxygen atoms in total. The van der Waals surface area contributed by atoms with Gasteiger partial charge in [0.15, 0.2) is 11.5 Å². The number of hydrogen-bond donors (Lipinski definition) is 1. The van der Waals surface area contributed by atoms with E-state index in [-0.39, 0.29) is 31.2 Å². The molecule has 1 fully saturated rings. The second kappa shape index (κ2) is 6.01. The highest BCUT2D eigenvalue weighted by molar-refractivity contribution is 5.97. The molecule has 0 radical (unpaired) electrons. The van der Waals surface area contributed by atoms with Crippen LogP contribution in [-0.2, 0) is 16.0 Å². The van der Waals surface area contributed by atoms with Crippen LogP contribution in [0.5, 0.6) is 11.5 Å². The Morgan fingerprint density at radius 2 is 1.90 bits per heavy atom. The summed E-state index contributed by atoms with van der Waals surface area (Å²) in [4.78, 5) is 33.1. The first kappa shape index (κ1) is 17.4. The van der Waals surface area contributed by atoms with E-state index in [4.69, 9.17) is 9.47 Å². The number of carbonyl (C=O) groups excluding carboxylic acids is 2. The van der Waals surface area contributed by atoms with Gasteiger partial charge < -0.3 is 24.3 Å². The van der Waals surface area contributed by atoms with E-state index in [1.165, 1.54) is 4.90 Å². The SMILES string of the molecule is Cc1ccc2[nH]c3c(c2c1)C[C@@H]1C(=O)N(C)CC(=O)N1[C@H]3c1ccc2c(c1)OCO2. The van der Waals surface area contributed by atoms with E-state index < -0.39 is 6.04 Å². The summed E-state index contributed by atoms with van der Waals surface area (Å²) in [6.45, 7) is 2.34. The van der Waals surface area contributed by atoms with E-state index in [1.54, 1.807) is 11.9 Å². The molecule has 0 saturated carbocycles. The lowest BCUT2D eigenvalue weighted by Gasteiger charge is -2.46. The van der Waals surface area contributed by atoms with Gasteiger partial charge in [0, 0.05) is 30.1 Å². The molecule has 2 amide bonds. The van der Waals surface area contributed by atoms with E-state index in [2.05, 4.69) is 30.1 Å². The van der Waals surface area contributed by atoms with Crippen molar-refractivity contribution in [2.75, 3.05) is 20.4 Å². The smallest absolute Gasteiger partial charge is 0.245 e. The fraction of sp³-hybridized carbons (Fsp3) is 0.304. The first-order chi connectivity index (χ1) is 14.5. The summed E-state index contributed by atoms with van der Waals surface area (Å²) in [6.07, 6.45) is 0.509. The van der Waals surface area contributed by atoms with Crippen molar-refractivity contribution in [1.29, 1.82) is 0 Å². The molecule has 3 aromatic rings. The number of nitrogens with one attached hydrogen (secondary N) is 1. The number of piperazine rings is 1. The van der Waals surface area contributed by atoms with Gasteiger partial charge in [0.1, 0.15) is 6.04 Å². The number of fused-ring (bicyclic) bond motifs is 5. The second-order valence-electron chi connectivity index (χ2n) is 8.30. The Labute approximate surface area is 173 Å². The van der Waals surface area contributed by atoms with Gasteiger partial charge in [0.25, 0.3) is 0 Å². The van der Waals surface area contributed by atoms with Gasteiger partial charge in [-0.15, -0.1) is 0 Å². The monoisotopic (exact) mass is 403 g/mol. The number of ether oxygens (including phenoxy) is 2. The highest BCUT2D eigenvalue weighted by Crippen LogP contribution is 2.44. The number of carbonyl (C=O) groups is 2. The van der Waals surface area contributed by atoms with Crippen molar-refractivity contribution < 1.29 is 19.1 Å². The van der Waals surface area contributed by atoms with Crippen LogP contribution in [0.2, 0.25) is 0 Å². The molecular weight excluding hydrogens is 382 g/mol. The van der Waals surface area contributed by atoms with Gasteiger partial charge in [0.2, 0.25) is 18.6 Å². The zero-order valence-corrected chi connectivity index (χ0v) is 16.8. The number of nitrogens with zero attached hydrogens (tertiary/aromatic N) is 2. The largest absolute Gasteiger partial charge is 0.454 e. The average Bonchev–Trinajstić information content (AvgIpc) is 3.34. The number of rotatable bonds is 1. The predicted octanol–water partition coefficient (Wildman–Crippen LogP) is 2.52. The molecule has 0 spiro atoms. The van der Waals surface area contributed by atoms with Crippen LogP contribution in [0.25, 0.3) is 10.9 Å². The van der Waals surface area contributed by atoms with Crippen LogP contribution in [0.1, 0.15) is 28.4 Å². The normalized spacial score (nSPS) is 22.5. The number of aromatic amines is 1. The number of aromatic nitrogens is 1. The Kier molecular flexibility index (Phi) is 3.48. The van der Waals surface area contributed by atoms with Crippen molar-refractivity contribution >= 4 is 22.7 Å². The second-order valence-corrected chi connectivity index (χ2v) is 8.30. The fourth-order valence-electron chi connectivity index (χ4n) is 5.00. The molecular formula is C23H21N3O4. The fourth-order valence-corrected chi connectivity index (χ4v) is 5.00. The highest BCUT2D eigenvalue weighted by Gasteiger charge is 2.47. The first-order valence-electron chi connectivity index (χ1n) is 10.1. The van der Waals surface area contributed by atoms with E-state index >= 15 is 0 Å². The third-order valence-corrected chi connectivity index (χ3v) is 6.41. The molecule has 2 atom stereocenters. The predicted molar refractivity (Wildman–Crippen MR) is 109 cm³/mol. The minimum atomic E-state index is -0.515. The van der Waals surface area contributed by atoms with Gasteiger partial charge in [-0.1, -0.05) is 17.7 Å². The summed E-state index contributed by atoms with van der Waals surface area (Å²) < 4.78 is 11.0. The van der Waals surface area contributed by atoms with Crippen molar-refractivity contribution in [1.82, 2.24) is 14.8 Å². The summed E-state index contributed by atoms with van der Waals surface area (Å²) in [5, 5.41) is 1.11. The number of amides is 2. The zero-order valence-electron chi connectivity index (χ0n) is 16.8. The Morgan fingerprint density at radius 3 is 2.77 bits per heavy atom. The van der Waals surface area contributed by atoms with Gasteiger partial charge in [0.05, 0.1) is 12.6 Å². The van der Waals surface area contributed by atoms with E-state index in [0.717, 1.165) is 33.3 Å². The summed E-state index contributed by atoms with van der Waals surface area (Å²) in [7, 11) is 1.70. The van der Waals surface area contributed by atoms with Gasteiger partial charge >= 0.3 is 0 Å². The minimum Gasteiger partial charge on any atom is -0.454 e. The molecule has 1 aromatic heterocycles. The molecule has 3 aliphatic heterocycles. The standard InChI is InChI=1S/C23H21N3O4/c1-12-3-5-16-14(7-12)15-9-17-23(28)25(2)10-20(27)26(17)22(21(15)24-16)13-4-6-18-19(8-13)30-11-29-18/h3-8,17,22,24H,9-11H2,1-2H3/t17-,22+/m1/s1. The molecule has 0 unspecified atom stereocenters. The van der Waals surface area contributed by atoms with Crippen LogP contribution in [-0.4, -0.2) is 53.0 Å². The highest BCUT2D eigenvalue weighted by atomic mass is 16.7. The first-order valence-corrected chi connectivity index (χ1v) is 10.1. The Morgan fingerprint density at radius 1 is 1.07 bits per heavy atom. The molecule has 30 heavy (non-hydrogen) atoms. The molecule has 4 heterocycles. The van der Waals surface area contributed by atoms with Crippen LogP contribution in [0.4, 0.5) is 0 Å². The van der Waals surface area contributed by atoms with E-state index in [9.17, 15) is 9.59 Å². The molecule has 152 valence electrons. The maximum atomic E-state index is 13.1. The summed E-state index contributed by atoms with van der Waals surface area (Å²) in [6, 6.07) is 11.1. The van der Waals surface area contributed by atoms with E-state index in [0.29, 0.717) is 17.9 Å². The molecule has 1 saturated heterocycles. The molecule has 2 aromatic carbocycles. The molecule has 3 aliphatic rings. The third kappa shape index (κ3) is 2.32. The third-order valence-electron chi connectivity index (χ3n) is 6.41. The quantitative estimate of drug-likeness (QED) is 0.678. The van der Waals surface area contributed by atoms with Gasteiger partial charge in [-0.3, -0.25) is 9.59 Å². The van der Waals surface area contributed by atoms with Crippen LogP contribution >= 0.6 is 0 Å². The zero-order chi connectivity index (χ0) is 20.6.